The summed E-state index contributed by atoms with van der Waals surface area (Å²) < 4.78 is 7.62. The highest BCUT2D eigenvalue weighted by Crippen LogP contribution is 2.51. The van der Waals surface area contributed by atoms with Crippen LogP contribution >= 0.6 is 0 Å². The first-order chi connectivity index (χ1) is 16.1. The average Bonchev–Trinajstić information content (AvgIpc) is 3.33. The highest BCUT2D eigenvalue weighted by Gasteiger charge is 2.56. The van der Waals surface area contributed by atoms with Crippen LogP contribution in [-0.2, 0) is 22.6 Å². The van der Waals surface area contributed by atoms with Crippen molar-refractivity contribution >= 4 is 11.8 Å². The summed E-state index contributed by atoms with van der Waals surface area (Å²) in [6.07, 6.45) is 4.62. The number of piperidine rings is 1. The SMILES string of the molecule is CCc1nccn1Cc1cc(-c2ccc(C#CC3[C@H]4CN(C(=O)C(=O)NC)C[C@@H]34)cc2)on1. The molecule has 1 aliphatic carbocycles. The normalized spacial score (nSPS) is 20.7. The number of imidazole rings is 1. The number of fused-ring (bicyclic) bond motifs is 1. The zero-order chi connectivity index (χ0) is 22.9. The van der Waals surface area contributed by atoms with Crippen molar-refractivity contribution < 1.29 is 14.1 Å². The van der Waals surface area contributed by atoms with Gasteiger partial charge < -0.3 is 19.3 Å². The number of nitrogens with zero attached hydrogens (tertiary/aromatic N) is 4. The number of amides is 2. The Labute approximate surface area is 192 Å². The maximum atomic E-state index is 11.9. The van der Waals surface area contributed by atoms with Gasteiger partial charge in [0.05, 0.1) is 6.54 Å². The summed E-state index contributed by atoms with van der Waals surface area (Å²) in [5.74, 6) is 8.39. The van der Waals surface area contributed by atoms with Crippen molar-refractivity contribution in [3.8, 4) is 23.2 Å². The number of aromatic nitrogens is 3. The highest BCUT2D eigenvalue weighted by atomic mass is 16.5. The van der Waals surface area contributed by atoms with E-state index in [1.165, 1.54) is 7.05 Å². The first-order valence-electron chi connectivity index (χ1n) is 11.2. The Morgan fingerprint density at radius 3 is 2.67 bits per heavy atom. The molecule has 0 spiro atoms. The van der Waals surface area contributed by atoms with Crippen LogP contribution in [0, 0.1) is 29.6 Å². The Morgan fingerprint density at radius 2 is 1.97 bits per heavy atom. The van der Waals surface area contributed by atoms with Crippen molar-refractivity contribution in [3.05, 3.63) is 59.8 Å². The molecule has 1 saturated heterocycles. The molecular weight excluding hydrogens is 418 g/mol. The number of hydrogen-bond donors (Lipinski definition) is 1. The van der Waals surface area contributed by atoms with Crippen LogP contribution in [0.25, 0.3) is 11.3 Å². The third kappa shape index (κ3) is 4.14. The monoisotopic (exact) mass is 443 g/mol. The van der Waals surface area contributed by atoms with Crippen molar-refractivity contribution in [2.24, 2.45) is 17.8 Å². The highest BCUT2D eigenvalue weighted by molar-refractivity contribution is 6.35. The van der Waals surface area contributed by atoms with E-state index in [-0.39, 0.29) is 0 Å². The van der Waals surface area contributed by atoms with Gasteiger partial charge in [-0.15, -0.1) is 0 Å². The van der Waals surface area contributed by atoms with Crippen LogP contribution in [-0.4, -0.2) is 51.6 Å². The number of likely N-dealkylation sites (N-methyl/N-ethyl adjacent to an activating group) is 1. The number of carbonyl (C=O) groups excluding carboxylic acids is 2. The van der Waals surface area contributed by atoms with E-state index in [1.54, 1.807) is 11.1 Å². The number of rotatable bonds is 4. The molecule has 8 heteroatoms. The van der Waals surface area contributed by atoms with Gasteiger partial charge in [0, 0.05) is 62.1 Å². The van der Waals surface area contributed by atoms with Crippen molar-refractivity contribution in [2.45, 2.75) is 19.9 Å². The summed E-state index contributed by atoms with van der Waals surface area (Å²) in [7, 11) is 1.47. The molecule has 3 aromatic rings. The fraction of sp³-hybridized carbons (Fsp3) is 0.360. The lowest BCUT2D eigenvalue weighted by Gasteiger charge is -2.17. The third-order valence-corrected chi connectivity index (χ3v) is 6.46. The zero-order valence-electron chi connectivity index (χ0n) is 18.6. The molecule has 8 nitrogen and oxygen atoms in total. The van der Waals surface area contributed by atoms with E-state index in [1.807, 2.05) is 36.5 Å². The van der Waals surface area contributed by atoms with Gasteiger partial charge in [0.25, 0.3) is 0 Å². The molecule has 33 heavy (non-hydrogen) atoms. The molecule has 1 unspecified atom stereocenters. The predicted molar refractivity (Wildman–Crippen MR) is 121 cm³/mol. The molecule has 1 aliphatic heterocycles. The maximum Gasteiger partial charge on any atom is 0.311 e. The van der Waals surface area contributed by atoms with Gasteiger partial charge in [-0.2, -0.15) is 0 Å². The molecule has 1 N–H and O–H groups in total. The average molecular weight is 444 g/mol. The number of benzene rings is 1. The van der Waals surface area contributed by atoms with Crippen molar-refractivity contribution in [3.63, 3.8) is 0 Å². The summed E-state index contributed by atoms with van der Waals surface area (Å²) in [4.78, 5) is 29.4. The van der Waals surface area contributed by atoms with E-state index in [4.69, 9.17) is 4.52 Å². The Balaban J connectivity index is 1.18. The van der Waals surface area contributed by atoms with Gasteiger partial charge in [-0.3, -0.25) is 9.59 Å². The van der Waals surface area contributed by atoms with Crippen molar-refractivity contribution in [1.29, 1.82) is 0 Å². The van der Waals surface area contributed by atoms with Crippen LogP contribution in [0.3, 0.4) is 0 Å². The minimum Gasteiger partial charge on any atom is -0.356 e. The van der Waals surface area contributed by atoms with Gasteiger partial charge in [0.1, 0.15) is 11.5 Å². The number of likely N-dealkylation sites (tertiary alicyclic amines) is 1. The van der Waals surface area contributed by atoms with Gasteiger partial charge in [-0.25, -0.2) is 4.98 Å². The van der Waals surface area contributed by atoms with Crippen LogP contribution in [0.1, 0.15) is 24.0 Å². The summed E-state index contributed by atoms with van der Waals surface area (Å²) in [6.45, 7) is 3.94. The lowest BCUT2D eigenvalue weighted by molar-refractivity contribution is -0.145. The fourth-order valence-corrected chi connectivity index (χ4v) is 4.54. The molecule has 0 radical (unpaired) electrons. The van der Waals surface area contributed by atoms with E-state index < -0.39 is 11.8 Å². The molecule has 168 valence electrons. The molecular formula is C25H25N5O3. The Hall–Kier alpha value is -3.86. The topological polar surface area (TPSA) is 93.3 Å². The second-order valence-electron chi connectivity index (χ2n) is 8.50. The van der Waals surface area contributed by atoms with Gasteiger partial charge >= 0.3 is 11.8 Å². The maximum absolute atomic E-state index is 11.9. The molecule has 3 heterocycles. The van der Waals surface area contributed by atoms with Crippen molar-refractivity contribution in [1.82, 2.24) is 24.9 Å². The lowest BCUT2D eigenvalue weighted by atomic mass is 10.1. The fourth-order valence-electron chi connectivity index (χ4n) is 4.54. The van der Waals surface area contributed by atoms with Crippen LogP contribution in [0.2, 0.25) is 0 Å². The standard InChI is InChI=1S/C25H25N5O3/c1-3-23-27-10-11-29(23)13-18-12-22(33-28-18)17-7-4-16(5-8-17)6-9-19-20-14-30(15-21(19)20)25(32)24(31)26-2/h4-5,7-8,10-12,19-21H,3,13-15H2,1-2H3,(H,26,31)/t19?,20-,21+. The molecule has 2 fully saturated rings. The van der Waals surface area contributed by atoms with Gasteiger partial charge in [0.15, 0.2) is 5.76 Å². The molecule has 0 bridgehead atoms. The molecule has 1 saturated carbocycles. The number of hydrogen-bond acceptors (Lipinski definition) is 5. The van der Waals surface area contributed by atoms with Gasteiger partial charge in [0.2, 0.25) is 0 Å². The van der Waals surface area contributed by atoms with E-state index in [9.17, 15) is 9.59 Å². The zero-order valence-corrected chi connectivity index (χ0v) is 18.6. The summed E-state index contributed by atoms with van der Waals surface area (Å²) in [6, 6.07) is 9.89. The molecule has 2 aliphatic rings. The van der Waals surface area contributed by atoms with Crippen LogP contribution in [0.4, 0.5) is 0 Å². The Morgan fingerprint density at radius 1 is 1.21 bits per heavy atom. The van der Waals surface area contributed by atoms with Crippen LogP contribution in [0.15, 0.2) is 47.2 Å². The molecule has 5 rings (SSSR count). The molecule has 1 aromatic carbocycles. The van der Waals surface area contributed by atoms with Crippen molar-refractivity contribution in [2.75, 3.05) is 20.1 Å². The lowest BCUT2D eigenvalue weighted by Crippen LogP contribution is -2.41. The molecule has 3 atom stereocenters. The second kappa shape index (κ2) is 8.58. The Kier molecular flexibility index (Phi) is 5.47. The first-order valence-corrected chi connectivity index (χ1v) is 11.2. The van der Waals surface area contributed by atoms with E-state index in [0.29, 0.717) is 37.4 Å². The summed E-state index contributed by atoms with van der Waals surface area (Å²) in [5.41, 5.74) is 2.74. The van der Waals surface area contributed by atoms with E-state index in [0.717, 1.165) is 34.8 Å². The predicted octanol–water partition coefficient (Wildman–Crippen LogP) is 1.95. The summed E-state index contributed by atoms with van der Waals surface area (Å²) >= 11 is 0. The largest absolute Gasteiger partial charge is 0.356 e. The van der Waals surface area contributed by atoms with Gasteiger partial charge in [-0.05, 0) is 36.1 Å². The number of aryl methyl sites for hydroxylation is 1. The number of carbonyl (C=O) groups is 2. The molecule has 2 aromatic heterocycles. The number of nitrogens with one attached hydrogen (secondary N) is 1. The third-order valence-electron chi connectivity index (χ3n) is 6.46. The van der Waals surface area contributed by atoms with E-state index in [2.05, 4.69) is 38.8 Å². The quantitative estimate of drug-likeness (QED) is 0.492. The van der Waals surface area contributed by atoms with Crippen LogP contribution in [0.5, 0.6) is 0 Å². The molecule has 2 amide bonds. The second-order valence-corrected chi connectivity index (χ2v) is 8.50. The minimum atomic E-state index is -0.551. The Bertz CT molecular complexity index is 1230. The first kappa shape index (κ1) is 21.0. The summed E-state index contributed by atoms with van der Waals surface area (Å²) in [5, 5.41) is 6.58. The van der Waals surface area contributed by atoms with E-state index >= 15 is 0 Å². The minimum absolute atomic E-state index is 0.298. The van der Waals surface area contributed by atoms with Crippen LogP contribution < -0.4 is 5.32 Å². The smallest absolute Gasteiger partial charge is 0.311 e. The van der Waals surface area contributed by atoms with Gasteiger partial charge in [-0.1, -0.05) is 23.9 Å².